The Morgan fingerprint density at radius 3 is 2.76 bits per heavy atom. The summed E-state index contributed by atoms with van der Waals surface area (Å²) in [4.78, 5) is 27.5. The molecule has 0 heterocycles. The molecular weight excluding hydrogens is 216 g/mol. The lowest BCUT2D eigenvalue weighted by Gasteiger charge is -2.29. The zero-order chi connectivity index (χ0) is 12.1. The fourth-order valence-electron chi connectivity index (χ4n) is 3.84. The van der Waals surface area contributed by atoms with Gasteiger partial charge in [-0.15, -0.1) is 0 Å². The number of rotatable bonds is 6. The highest BCUT2D eigenvalue weighted by atomic mass is 16.1. The van der Waals surface area contributed by atoms with E-state index in [2.05, 4.69) is 9.98 Å². The first-order valence-electron chi connectivity index (χ1n) is 6.37. The van der Waals surface area contributed by atoms with Crippen LogP contribution in [0.25, 0.3) is 0 Å². The van der Waals surface area contributed by atoms with Crippen LogP contribution in [0.15, 0.2) is 9.98 Å². The monoisotopic (exact) mass is 234 g/mol. The highest BCUT2D eigenvalue weighted by Crippen LogP contribution is 2.59. The Labute approximate surface area is 101 Å². The lowest BCUT2D eigenvalue weighted by Crippen LogP contribution is -2.20. The Balaban J connectivity index is 1.85. The molecule has 2 bridgehead atoms. The van der Waals surface area contributed by atoms with Gasteiger partial charge in [-0.1, -0.05) is 0 Å². The van der Waals surface area contributed by atoms with Gasteiger partial charge in [0.1, 0.15) is 0 Å². The van der Waals surface area contributed by atoms with Gasteiger partial charge in [-0.2, -0.15) is 0 Å². The molecule has 4 nitrogen and oxygen atoms in total. The predicted octanol–water partition coefficient (Wildman–Crippen LogP) is 2.24. The van der Waals surface area contributed by atoms with Crippen LogP contribution in [0, 0.1) is 17.3 Å². The van der Waals surface area contributed by atoms with Gasteiger partial charge in [-0.3, -0.25) is 0 Å². The molecule has 0 spiro atoms. The first-order valence-corrected chi connectivity index (χ1v) is 6.37. The third-order valence-electron chi connectivity index (χ3n) is 4.53. The molecule has 2 fully saturated rings. The molecule has 0 aromatic rings. The Kier molecular flexibility index (Phi) is 3.88. The van der Waals surface area contributed by atoms with Crippen LogP contribution in [-0.4, -0.2) is 25.2 Å². The minimum atomic E-state index is 0.451. The van der Waals surface area contributed by atoms with E-state index < -0.39 is 0 Å². The van der Waals surface area contributed by atoms with E-state index in [1.54, 1.807) is 12.2 Å². The second-order valence-electron chi connectivity index (χ2n) is 5.48. The fourth-order valence-corrected chi connectivity index (χ4v) is 3.84. The topological polar surface area (TPSA) is 58.9 Å². The van der Waals surface area contributed by atoms with Gasteiger partial charge in [-0.25, -0.2) is 19.6 Å². The van der Waals surface area contributed by atoms with E-state index in [-0.39, 0.29) is 0 Å². The van der Waals surface area contributed by atoms with Crippen molar-refractivity contribution in [3.8, 4) is 0 Å². The molecule has 17 heavy (non-hydrogen) atoms. The van der Waals surface area contributed by atoms with Gasteiger partial charge in [0.2, 0.25) is 12.2 Å². The van der Waals surface area contributed by atoms with Gasteiger partial charge < -0.3 is 0 Å². The van der Waals surface area contributed by atoms with Crippen LogP contribution in [0.5, 0.6) is 0 Å². The zero-order valence-corrected chi connectivity index (χ0v) is 10.0. The molecule has 2 aliphatic carbocycles. The Morgan fingerprint density at radius 2 is 2.00 bits per heavy atom. The van der Waals surface area contributed by atoms with Crippen molar-refractivity contribution in [1.82, 2.24) is 0 Å². The molecule has 2 aliphatic rings. The molecule has 3 atom stereocenters. The van der Waals surface area contributed by atoms with E-state index in [1.165, 1.54) is 25.7 Å². The van der Waals surface area contributed by atoms with Crippen molar-refractivity contribution in [2.45, 2.75) is 38.5 Å². The predicted molar refractivity (Wildman–Crippen MR) is 63.1 cm³/mol. The largest absolute Gasteiger partial charge is 0.234 e. The smallest absolute Gasteiger partial charge is 0.211 e. The summed E-state index contributed by atoms with van der Waals surface area (Å²) in [6.07, 6.45) is 10.4. The minimum absolute atomic E-state index is 0.451. The molecule has 0 N–H and O–H groups in total. The first kappa shape index (κ1) is 12.2. The Hall–Kier alpha value is -1.24. The number of fused-ring (bicyclic) bond motifs is 2. The standard InChI is InChI=1S/C13H18N2O2/c16-9-14-5-1-3-13-4-2-11(6-13)12(7-13)8-15-10-17/h11-12H,1-8H2. The minimum Gasteiger partial charge on any atom is -0.211 e. The first-order chi connectivity index (χ1) is 8.29. The molecule has 0 amide bonds. The van der Waals surface area contributed by atoms with E-state index >= 15 is 0 Å². The number of aliphatic imine (C=N–C) groups is 2. The highest BCUT2D eigenvalue weighted by Gasteiger charge is 2.49. The summed E-state index contributed by atoms with van der Waals surface area (Å²) in [6.45, 7) is 1.26. The third-order valence-corrected chi connectivity index (χ3v) is 4.53. The molecule has 0 aromatic heterocycles. The van der Waals surface area contributed by atoms with E-state index in [0.717, 1.165) is 18.8 Å². The fraction of sp³-hybridized carbons (Fsp3) is 0.846. The van der Waals surface area contributed by atoms with Crippen molar-refractivity contribution in [2.24, 2.45) is 27.2 Å². The van der Waals surface area contributed by atoms with Crippen molar-refractivity contribution in [2.75, 3.05) is 13.1 Å². The van der Waals surface area contributed by atoms with Gasteiger partial charge >= 0.3 is 0 Å². The maximum atomic E-state index is 10.2. The third kappa shape index (κ3) is 2.71. The molecule has 0 aromatic carbocycles. The van der Waals surface area contributed by atoms with E-state index in [1.807, 2.05) is 0 Å². The maximum Gasteiger partial charge on any atom is 0.234 e. The van der Waals surface area contributed by atoms with E-state index in [9.17, 15) is 9.59 Å². The van der Waals surface area contributed by atoms with Crippen LogP contribution >= 0.6 is 0 Å². The SMILES string of the molecule is O=C=NCCCC12CCC(C1)C(CN=C=O)C2. The summed E-state index contributed by atoms with van der Waals surface area (Å²) in [7, 11) is 0. The van der Waals surface area contributed by atoms with Crippen LogP contribution in [0.2, 0.25) is 0 Å². The Bertz CT molecular complexity index is 370. The van der Waals surface area contributed by atoms with Crippen molar-refractivity contribution in [1.29, 1.82) is 0 Å². The molecular formula is C13H18N2O2. The van der Waals surface area contributed by atoms with Crippen molar-refractivity contribution >= 4 is 12.2 Å². The Morgan fingerprint density at radius 1 is 1.18 bits per heavy atom. The number of hydrogen-bond acceptors (Lipinski definition) is 4. The summed E-state index contributed by atoms with van der Waals surface area (Å²) in [5.41, 5.74) is 0.451. The van der Waals surface area contributed by atoms with Crippen molar-refractivity contribution < 1.29 is 9.59 Å². The molecule has 2 saturated carbocycles. The molecule has 0 radical (unpaired) electrons. The van der Waals surface area contributed by atoms with E-state index in [4.69, 9.17) is 0 Å². The van der Waals surface area contributed by atoms with Crippen LogP contribution in [-0.2, 0) is 9.59 Å². The summed E-state index contributed by atoms with van der Waals surface area (Å²) in [5, 5.41) is 0. The van der Waals surface area contributed by atoms with Gasteiger partial charge in [0, 0.05) is 0 Å². The zero-order valence-electron chi connectivity index (χ0n) is 10.0. The van der Waals surface area contributed by atoms with Crippen LogP contribution in [0.1, 0.15) is 38.5 Å². The number of carbonyl (C=O) groups excluding carboxylic acids is 2. The normalized spacial score (nSPS) is 34.1. The molecule has 0 saturated heterocycles. The summed E-state index contributed by atoms with van der Waals surface area (Å²) in [6, 6.07) is 0. The second-order valence-corrected chi connectivity index (χ2v) is 5.48. The summed E-state index contributed by atoms with van der Waals surface area (Å²) < 4.78 is 0. The van der Waals surface area contributed by atoms with Gasteiger partial charge in [0.05, 0.1) is 13.1 Å². The lowest BCUT2D eigenvalue weighted by atomic mass is 9.77. The van der Waals surface area contributed by atoms with Gasteiger partial charge in [0.25, 0.3) is 0 Å². The number of hydrogen-bond donors (Lipinski definition) is 0. The van der Waals surface area contributed by atoms with Gasteiger partial charge in [0.15, 0.2) is 0 Å². The molecule has 3 unspecified atom stereocenters. The van der Waals surface area contributed by atoms with Crippen molar-refractivity contribution in [3.63, 3.8) is 0 Å². The van der Waals surface area contributed by atoms with Gasteiger partial charge in [-0.05, 0) is 55.8 Å². The molecule has 0 aliphatic heterocycles. The van der Waals surface area contributed by atoms with Crippen LogP contribution in [0.3, 0.4) is 0 Å². The molecule has 4 heteroatoms. The van der Waals surface area contributed by atoms with E-state index in [0.29, 0.717) is 24.4 Å². The van der Waals surface area contributed by atoms with Crippen LogP contribution < -0.4 is 0 Å². The lowest BCUT2D eigenvalue weighted by molar-refractivity contribution is 0.229. The summed E-state index contributed by atoms with van der Waals surface area (Å²) in [5.74, 6) is 1.33. The average Bonchev–Trinajstić information content (AvgIpc) is 2.90. The quantitative estimate of drug-likeness (QED) is 0.402. The van der Waals surface area contributed by atoms with Crippen LogP contribution in [0.4, 0.5) is 0 Å². The molecule has 2 rings (SSSR count). The number of nitrogens with zero attached hydrogens (tertiary/aromatic N) is 2. The average molecular weight is 234 g/mol. The second kappa shape index (κ2) is 5.39. The molecule has 92 valence electrons. The summed E-state index contributed by atoms with van der Waals surface area (Å²) >= 11 is 0. The number of isocyanates is 2. The van der Waals surface area contributed by atoms with Crippen molar-refractivity contribution in [3.05, 3.63) is 0 Å². The highest BCUT2D eigenvalue weighted by molar-refractivity contribution is 5.33. The maximum absolute atomic E-state index is 10.2.